The van der Waals surface area contributed by atoms with Crippen molar-refractivity contribution < 1.29 is 19.0 Å². The number of nitrogens with zero attached hydrogens (tertiary/aromatic N) is 6. The number of piperidine rings is 1. The van der Waals surface area contributed by atoms with Crippen molar-refractivity contribution in [2.75, 3.05) is 31.1 Å². The smallest absolute Gasteiger partial charge is 0.407 e. The molecule has 2 bridgehead atoms. The summed E-state index contributed by atoms with van der Waals surface area (Å²) in [5.74, 6) is 0.412. The lowest BCUT2D eigenvalue weighted by Gasteiger charge is -2.43. The van der Waals surface area contributed by atoms with Crippen LogP contribution in [-0.4, -0.2) is 73.9 Å². The van der Waals surface area contributed by atoms with E-state index in [0.717, 1.165) is 38.2 Å². The van der Waals surface area contributed by atoms with E-state index in [-0.39, 0.29) is 35.4 Å². The minimum absolute atomic E-state index is 0.0486. The summed E-state index contributed by atoms with van der Waals surface area (Å²) in [6.07, 6.45) is 12.0. The number of aromatic nitrogens is 4. The van der Waals surface area contributed by atoms with Gasteiger partial charge in [-0.15, -0.1) is 0 Å². The Morgan fingerprint density at radius 1 is 1.12 bits per heavy atom. The maximum absolute atomic E-state index is 15.2. The van der Waals surface area contributed by atoms with Gasteiger partial charge in [-0.25, -0.2) is 14.2 Å². The van der Waals surface area contributed by atoms with Gasteiger partial charge in [-0.1, -0.05) is 11.6 Å². The highest BCUT2D eigenvalue weighted by Crippen LogP contribution is 2.45. The standard InChI is InChI=1S/C30H37ClFN7O3/c31-26-24(32)25-23(14-34-26)27(38-16-20-3-4-21(17-38)39(20)29(40)41)36-28(35-25)42-18-22-2-1-13-37(22)15-19-5-7-30(8-6-19)9-11-33-12-10-30/h1-2,13-14,19-21,33H,3-12,15-18H2,(H,40,41). The maximum Gasteiger partial charge on any atom is 0.407 e. The van der Waals surface area contributed by atoms with Crippen molar-refractivity contribution in [2.24, 2.45) is 11.3 Å². The lowest BCUT2D eigenvalue weighted by atomic mass is 9.66. The van der Waals surface area contributed by atoms with Gasteiger partial charge in [-0.2, -0.15) is 9.97 Å². The average Bonchev–Trinajstić information content (AvgIpc) is 3.55. The van der Waals surface area contributed by atoms with Crippen LogP contribution in [0.15, 0.2) is 24.5 Å². The summed E-state index contributed by atoms with van der Waals surface area (Å²) in [6, 6.07) is 3.85. The van der Waals surface area contributed by atoms with Gasteiger partial charge in [0.1, 0.15) is 17.9 Å². The molecule has 42 heavy (non-hydrogen) atoms. The zero-order valence-electron chi connectivity index (χ0n) is 23.6. The van der Waals surface area contributed by atoms with E-state index in [1.165, 1.54) is 44.7 Å². The molecule has 224 valence electrons. The molecule has 2 atom stereocenters. The Balaban J connectivity index is 1.08. The molecule has 3 aromatic heterocycles. The van der Waals surface area contributed by atoms with Gasteiger partial charge < -0.3 is 24.6 Å². The van der Waals surface area contributed by atoms with Crippen LogP contribution in [0.3, 0.4) is 0 Å². The first-order valence-electron chi connectivity index (χ1n) is 15.1. The summed E-state index contributed by atoms with van der Waals surface area (Å²) >= 11 is 6.03. The zero-order valence-corrected chi connectivity index (χ0v) is 24.4. The van der Waals surface area contributed by atoms with Gasteiger partial charge in [0, 0.05) is 32.0 Å². The maximum atomic E-state index is 15.2. The van der Waals surface area contributed by atoms with Crippen LogP contribution in [0.5, 0.6) is 6.01 Å². The van der Waals surface area contributed by atoms with E-state index < -0.39 is 11.9 Å². The van der Waals surface area contributed by atoms with Crippen LogP contribution in [0, 0.1) is 17.2 Å². The Kier molecular flexibility index (Phi) is 7.34. The zero-order chi connectivity index (χ0) is 28.8. The third kappa shape index (κ3) is 5.15. The molecule has 4 aliphatic rings. The molecule has 6 heterocycles. The van der Waals surface area contributed by atoms with Gasteiger partial charge in [0.05, 0.1) is 23.2 Å². The predicted molar refractivity (Wildman–Crippen MR) is 156 cm³/mol. The molecule has 4 fully saturated rings. The summed E-state index contributed by atoms with van der Waals surface area (Å²) in [6.45, 7) is 4.42. The molecule has 2 N–H and O–H groups in total. The molecule has 10 nitrogen and oxygen atoms in total. The molecule has 3 aliphatic heterocycles. The fourth-order valence-corrected chi connectivity index (χ4v) is 7.94. The molecule has 3 saturated heterocycles. The summed E-state index contributed by atoms with van der Waals surface area (Å²) in [7, 11) is 0. The highest BCUT2D eigenvalue weighted by Gasteiger charge is 2.43. The molecule has 2 unspecified atom stereocenters. The number of amides is 1. The second-order valence-corrected chi connectivity index (χ2v) is 12.9. The molecule has 12 heteroatoms. The van der Waals surface area contributed by atoms with Crippen LogP contribution in [0.25, 0.3) is 10.9 Å². The van der Waals surface area contributed by atoms with Crippen molar-refractivity contribution >= 4 is 34.4 Å². The first kappa shape index (κ1) is 27.6. The number of nitrogens with one attached hydrogen (secondary N) is 1. The van der Waals surface area contributed by atoms with Crippen molar-refractivity contribution in [1.82, 2.24) is 29.7 Å². The summed E-state index contributed by atoms with van der Waals surface area (Å²) in [5.41, 5.74) is 1.61. The number of fused-ring (bicyclic) bond motifs is 3. The molecule has 7 rings (SSSR count). The number of pyridine rings is 1. The number of carbonyl (C=O) groups is 1. The van der Waals surface area contributed by atoms with Gasteiger partial charge in [-0.05, 0) is 87.9 Å². The molecular formula is C30H37ClFN7O3. The Labute approximate surface area is 249 Å². The highest BCUT2D eigenvalue weighted by atomic mass is 35.5. The Morgan fingerprint density at radius 2 is 1.86 bits per heavy atom. The number of halogens is 2. The third-order valence-corrected chi connectivity index (χ3v) is 10.4. The monoisotopic (exact) mass is 597 g/mol. The van der Waals surface area contributed by atoms with E-state index in [0.29, 0.717) is 35.6 Å². The summed E-state index contributed by atoms with van der Waals surface area (Å²) in [4.78, 5) is 28.5. The summed E-state index contributed by atoms with van der Waals surface area (Å²) in [5, 5.41) is 13.4. The van der Waals surface area contributed by atoms with Crippen LogP contribution in [0.1, 0.15) is 57.1 Å². The second-order valence-electron chi connectivity index (χ2n) is 12.6. The first-order chi connectivity index (χ1) is 20.4. The van der Waals surface area contributed by atoms with Gasteiger partial charge in [0.25, 0.3) is 0 Å². The predicted octanol–water partition coefficient (Wildman–Crippen LogP) is 5.09. The van der Waals surface area contributed by atoms with E-state index >= 15 is 4.39 Å². The average molecular weight is 598 g/mol. The fourth-order valence-electron chi connectivity index (χ4n) is 7.80. The molecule has 0 radical (unpaired) electrons. The Hall–Kier alpha value is -3.18. The Bertz CT molecular complexity index is 1450. The van der Waals surface area contributed by atoms with E-state index in [1.807, 2.05) is 17.0 Å². The van der Waals surface area contributed by atoms with E-state index in [4.69, 9.17) is 21.3 Å². The topological polar surface area (TPSA) is 109 Å². The van der Waals surface area contributed by atoms with Crippen LogP contribution in [-0.2, 0) is 13.2 Å². The van der Waals surface area contributed by atoms with Gasteiger partial charge in [-0.3, -0.25) is 4.90 Å². The van der Waals surface area contributed by atoms with Crippen LogP contribution < -0.4 is 15.0 Å². The minimum atomic E-state index is -0.903. The number of rotatable bonds is 6. The van der Waals surface area contributed by atoms with Crippen molar-refractivity contribution in [2.45, 2.75) is 76.6 Å². The molecule has 0 aromatic carbocycles. The second kappa shape index (κ2) is 11.1. The van der Waals surface area contributed by atoms with E-state index in [2.05, 4.69) is 26.0 Å². The number of carboxylic acid groups (broad SMARTS) is 1. The van der Waals surface area contributed by atoms with E-state index in [1.54, 1.807) is 4.90 Å². The normalized spacial score (nSPS) is 24.0. The molecule has 3 aromatic rings. The Morgan fingerprint density at radius 3 is 2.57 bits per heavy atom. The van der Waals surface area contributed by atoms with Crippen molar-refractivity contribution in [3.63, 3.8) is 0 Å². The van der Waals surface area contributed by atoms with Crippen LogP contribution in [0.2, 0.25) is 5.15 Å². The number of hydrogen-bond acceptors (Lipinski definition) is 7. The molecular weight excluding hydrogens is 561 g/mol. The third-order valence-electron chi connectivity index (χ3n) is 10.2. The van der Waals surface area contributed by atoms with Crippen LogP contribution >= 0.6 is 11.6 Å². The number of anilines is 1. The number of hydrogen-bond donors (Lipinski definition) is 2. The largest absolute Gasteiger partial charge is 0.465 e. The number of ether oxygens (including phenoxy) is 1. The SMILES string of the molecule is O=C(O)N1C2CCC1CN(c1nc(OCc3cccn3CC3CCC4(CCNCC4)CC3)nc3c(F)c(Cl)ncc13)C2. The molecule has 1 saturated carbocycles. The van der Waals surface area contributed by atoms with Crippen molar-refractivity contribution in [3.05, 3.63) is 41.2 Å². The van der Waals surface area contributed by atoms with E-state index in [9.17, 15) is 9.90 Å². The van der Waals surface area contributed by atoms with Crippen molar-refractivity contribution in [3.8, 4) is 6.01 Å². The molecule has 1 spiro atoms. The first-order valence-corrected chi connectivity index (χ1v) is 15.5. The number of piperazine rings is 1. The molecule has 1 amide bonds. The fraction of sp³-hybridized carbons (Fsp3) is 0.600. The van der Waals surface area contributed by atoms with Crippen LogP contribution in [0.4, 0.5) is 15.0 Å². The quantitative estimate of drug-likeness (QED) is 0.378. The lowest BCUT2D eigenvalue weighted by molar-refractivity contribution is 0.0988. The molecule has 1 aliphatic carbocycles. The lowest BCUT2D eigenvalue weighted by Crippen LogP contribution is -2.55. The van der Waals surface area contributed by atoms with Gasteiger partial charge >= 0.3 is 12.1 Å². The van der Waals surface area contributed by atoms with Gasteiger partial charge in [0.2, 0.25) is 0 Å². The van der Waals surface area contributed by atoms with Gasteiger partial charge in [0.15, 0.2) is 11.0 Å². The van der Waals surface area contributed by atoms with Crippen molar-refractivity contribution in [1.29, 1.82) is 0 Å². The highest BCUT2D eigenvalue weighted by molar-refractivity contribution is 6.30. The minimum Gasteiger partial charge on any atom is -0.465 e. The summed E-state index contributed by atoms with van der Waals surface area (Å²) < 4.78 is 23.6.